The standard InChI is InChI=1S/C56H84O21/c1-28-43(58)48(68-11)44(59)50(72-28)77-47-31(4)71-42(25-37(47)67-10)76-46-30(3)70-41(24-36(46)66-9)75-45-29(2)69-40(23-35(45)65-8)73-34-17-18-51(6)38-26-39(74-49(60)33-15-13-12-14-16-33)52(7)54(62,32(5)57)21-22-56(52,64)55(38,63)20-19-53(51,61)27-34/h12-16,19-20,28-31,34-48,50,58-59,61-64H,17-18,21-27H2,1-11H3/t28-,29-,30-,31-,34-,35-,36-,37-,38-,39-,40+,41+,42+,43+,44-,45-,46-,47-,48-,50+,51-,52-,53-,54+,55+,56-/m1/s1. The van der Waals surface area contributed by atoms with Gasteiger partial charge in [0.1, 0.15) is 59.5 Å². The summed E-state index contributed by atoms with van der Waals surface area (Å²) < 4.78 is 80.7. The lowest BCUT2D eigenvalue weighted by Crippen LogP contribution is -2.79. The summed E-state index contributed by atoms with van der Waals surface area (Å²) in [5.41, 5.74) is -10.5. The number of methoxy groups -OCH3 is 4. The number of Topliss-reactive ketones (excluding diaryl/α,β-unsaturated/α-hetero) is 1. The molecule has 4 heterocycles. The molecule has 0 aromatic heterocycles. The molecule has 9 rings (SSSR count). The highest BCUT2D eigenvalue weighted by atomic mass is 16.8. The van der Waals surface area contributed by atoms with Gasteiger partial charge in [0, 0.05) is 65.5 Å². The van der Waals surface area contributed by atoms with E-state index in [-0.39, 0.29) is 37.7 Å². The van der Waals surface area contributed by atoms with Crippen molar-refractivity contribution in [3.63, 3.8) is 0 Å². The van der Waals surface area contributed by atoms with Gasteiger partial charge in [-0.25, -0.2) is 4.79 Å². The van der Waals surface area contributed by atoms with Crippen LogP contribution in [0.4, 0.5) is 0 Å². The van der Waals surface area contributed by atoms with Crippen molar-refractivity contribution in [1.29, 1.82) is 0 Å². The number of rotatable bonds is 15. The zero-order valence-electron chi connectivity index (χ0n) is 46.3. The monoisotopic (exact) mass is 1090 g/mol. The zero-order valence-corrected chi connectivity index (χ0v) is 46.3. The van der Waals surface area contributed by atoms with Crippen LogP contribution in [0.2, 0.25) is 0 Å². The number of esters is 1. The molecule has 0 unspecified atom stereocenters. The van der Waals surface area contributed by atoms with Crippen molar-refractivity contribution in [2.75, 3.05) is 28.4 Å². The normalized spacial score (nSPS) is 50.8. The fraction of sp³-hybridized carbons (Fsp3) is 0.821. The van der Waals surface area contributed by atoms with E-state index in [1.165, 1.54) is 33.1 Å². The smallest absolute Gasteiger partial charge is 0.338 e. The van der Waals surface area contributed by atoms with Gasteiger partial charge in [0.15, 0.2) is 30.9 Å². The van der Waals surface area contributed by atoms with Gasteiger partial charge < -0.3 is 92.2 Å². The summed E-state index contributed by atoms with van der Waals surface area (Å²) in [6.45, 7) is 11.9. The quantitative estimate of drug-likeness (QED) is 0.109. The zero-order chi connectivity index (χ0) is 55.8. The fourth-order valence-electron chi connectivity index (χ4n) is 14.9. The Morgan fingerprint density at radius 3 is 1.66 bits per heavy atom. The average molecular weight is 1090 g/mol. The minimum Gasteiger partial charge on any atom is -0.458 e. The van der Waals surface area contributed by atoms with Crippen LogP contribution < -0.4 is 0 Å². The molecule has 21 nitrogen and oxygen atoms in total. The van der Waals surface area contributed by atoms with E-state index in [0.717, 1.165) is 0 Å². The molecular weight excluding hydrogens is 1010 g/mol. The third-order valence-electron chi connectivity index (χ3n) is 19.7. The van der Waals surface area contributed by atoms with E-state index < -0.39 is 168 Å². The SMILES string of the molecule is CO[C@@H]1[C@@H](O)[C@@H](C)O[C@@H](O[C@@H]2[C@@H](C)O[C@@H](O[C@@H]3[C@@H](C)O[C@@H](O[C@@H]4[C@@H](C)O[C@@H](O[C@@H]5CC[C@]6(C)[C@H]7C[C@@H](OC(=O)c8ccccc8)[C@@]8(C)[C@](O)(CC[C@]8(O)C(C)=O)[C@]7(O)C=C[C@@]6(O)C5)C[C@H]4OC)C[C@H]3OC)C[C@H]2OC)[C@@H]1O. The number of fused-ring (bicyclic) bond motifs is 5. The molecule has 4 aliphatic heterocycles. The average Bonchev–Trinajstić information content (AvgIpc) is 3.14. The van der Waals surface area contributed by atoms with Crippen molar-refractivity contribution >= 4 is 11.8 Å². The van der Waals surface area contributed by atoms with E-state index in [2.05, 4.69) is 0 Å². The van der Waals surface area contributed by atoms with Crippen molar-refractivity contribution < 1.29 is 102 Å². The van der Waals surface area contributed by atoms with Crippen LogP contribution in [-0.2, 0) is 66.4 Å². The summed E-state index contributed by atoms with van der Waals surface area (Å²) in [4.78, 5) is 27.1. The molecule has 1 aromatic carbocycles. The fourth-order valence-corrected chi connectivity index (χ4v) is 14.9. The van der Waals surface area contributed by atoms with Gasteiger partial charge in [-0.3, -0.25) is 4.79 Å². The topological polar surface area (TPSA) is 276 Å². The molecule has 434 valence electrons. The van der Waals surface area contributed by atoms with Crippen LogP contribution in [0.25, 0.3) is 0 Å². The van der Waals surface area contributed by atoms with E-state index in [1.807, 2.05) is 27.7 Å². The second kappa shape index (κ2) is 22.3. The van der Waals surface area contributed by atoms with E-state index in [1.54, 1.807) is 58.6 Å². The number of carbonyl (C=O) groups excluding carboxylic acids is 2. The highest BCUT2D eigenvalue weighted by molar-refractivity contribution is 5.90. The maximum Gasteiger partial charge on any atom is 0.338 e. The first-order valence-corrected chi connectivity index (χ1v) is 27.4. The third-order valence-corrected chi connectivity index (χ3v) is 19.7. The summed E-state index contributed by atoms with van der Waals surface area (Å²) >= 11 is 0. The lowest BCUT2D eigenvalue weighted by Gasteiger charge is -2.68. The predicted octanol–water partition coefficient (Wildman–Crippen LogP) is 2.78. The van der Waals surface area contributed by atoms with Crippen LogP contribution in [0.5, 0.6) is 0 Å². The molecule has 7 fully saturated rings. The molecule has 0 radical (unpaired) electrons. The van der Waals surface area contributed by atoms with Gasteiger partial charge >= 0.3 is 5.97 Å². The number of hydrogen-bond donors (Lipinski definition) is 6. The molecule has 0 spiro atoms. The van der Waals surface area contributed by atoms with Crippen LogP contribution in [0.3, 0.4) is 0 Å². The Kier molecular flexibility index (Phi) is 17.1. The van der Waals surface area contributed by atoms with E-state index >= 15 is 0 Å². The van der Waals surface area contributed by atoms with Crippen LogP contribution in [0.15, 0.2) is 42.5 Å². The largest absolute Gasteiger partial charge is 0.458 e. The lowest BCUT2D eigenvalue weighted by atomic mass is 9.41. The van der Waals surface area contributed by atoms with Crippen LogP contribution in [0.1, 0.15) is 117 Å². The minimum atomic E-state index is -2.14. The number of carbonyl (C=O) groups is 2. The molecule has 26 atom stereocenters. The van der Waals surface area contributed by atoms with E-state index in [9.17, 15) is 40.2 Å². The van der Waals surface area contributed by atoms with Crippen molar-refractivity contribution in [3.05, 3.63) is 48.0 Å². The first kappa shape index (κ1) is 59.0. The number of ketones is 1. The summed E-state index contributed by atoms with van der Waals surface area (Å²) in [5.74, 6) is -2.20. The van der Waals surface area contributed by atoms with Crippen LogP contribution >= 0.6 is 0 Å². The van der Waals surface area contributed by atoms with Gasteiger partial charge in [0.25, 0.3) is 0 Å². The highest BCUT2D eigenvalue weighted by Gasteiger charge is 2.82. The summed E-state index contributed by atoms with van der Waals surface area (Å²) in [6.07, 6.45) is -9.41. The Hall–Kier alpha value is -2.62. The van der Waals surface area contributed by atoms with Gasteiger partial charge in [-0.05, 0) is 85.8 Å². The lowest BCUT2D eigenvalue weighted by molar-refractivity contribution is -0.356. The highest BCUT2D eigenvalue weighted by Crippen LogP contribution is 2.71. The Balaban J connectivity index is 0.822. The molecule has 0 bridgehead atoms. The molecule has 1 aromatic rings. The van der Waals surface area contributed by atoms with Gasteiger partial charge in [-0.15, -0.1) is 0 Å². The predicted molar refractivity (Wildman–Crippen MR) is 269 cm³/mol. The Morgan fingerprint density at radius 2 is 1.14 bits per heavy atom. The Morgan fingerprint density at radius 1 is 0.610 bits per heavy atom. The molecule has 0 amide bonds. The maximum atomic E-state index is 13.7. The van der Waals surface area contributed by atoms with Gasteiger partial charge in [0.2, 0.25) is 0 Å². The molecule has 4 saturated heterocycles. The number of aliphatic hydroxyl groups excluding tert-OH is 2. The Bertz CT molecular complexity index is 2260. The van der Waals surface area contributed by atoms with Gasteiger partial charge in [-0.2, -0.15) is 0 Å². The number of ether oxygens (including phenoxy) is 13. The summed E-state index contributed by atoms with van der Waals surface area (Å²) in [7, 11) is 6.17. The second-order valence-corrected chi connectivity index (χ2v) is 23.6. The molecule has 4 aliphatic carbocycles. The molecular formula is C56H84O21. The first-order valence-electron chi connectivity index (χ1n) is 27.4. The maximum absolute atomic E-state index is 13.7. The van der Waals surface area contributed by atoms with Gasteiger partial charge in [0.05, 0.1) is 65.4 Å². The van der Waals surface area contributed by atoms with Crippen molar-refractivity contribution in [2.24, 2.45) is 16.7 Å². The molecule has 21 heteroatoms. The summed E-state index contributed by atoms with van der Waals surface area (Å²) in [6, 6.07) is 8.33. The number of benzene rings is 1. The van der Waals surface area contributed by atoms with Crippen molar-refractivity contribution in [1.82, 2.24) is 0 Å². The van der Waals surface area contributed by atoms with Crippen LogP contribution in [0, 0.1) is 16.7 Å². The van der Waals surface area contributed by atoms with Gasteiger partial charge in [-0.1, -0.05) is 37.3 Å². The van der Waals surface area contributed by atoms with Crippen molar-refractivity contribution in [2.45, 2.75) is 245 Å². The van der Waals surface area contributed by atoms with Crippen molar-refractivity contribution in [3.8, 4) is 0 Å². The molecule has 6 N–H and O–H groups in total. The third kappa shape index (κ3) is 9.90. The summed E-state index contributed by atoms with van der Waals surface area (Å²) in [5, 5.41) is 72.2. The van der Waals surface area contributed by atoms with Crippen LogP contribution in [-0.4, -0.2) is 210 Å². The molecule has 3 saturated carbocycles. The number of aliphatic hydroxyl groups is 6. The Labute approximate surface area is 451 Å². The molecule has 8 aliphatic rings. The van der Waals surface area contributed by atoms with E-state index in [4.69, 9.17) is 61.6 Å². The second-order valence-electron chi connectivity index (χ2n) is 23.6. The molecule has 77 heavy (non-hydrogen) atoms. The minimum absolute atomic E-state index is 0.0617. The number of hydrogen-bond acceptors (Lipinski definition) is 21. The first-order chi connectivity index (χ1) is 36.3. The van der Waals surface area contributed by atoms with E-state index in [0.29, 0.717) is 25.7 Å².